The van der Waals surface area contributed by atoms with E-state index in [1.54, 1.807) is 0 Å². The summed E-state index contributed by atoms with van der Waals surface area (Å²) in [5.41, 5.74) is 0. The molecule has 0 aromatic carbocycles. The van der Waals surface area contributed by atoms with Crippen molar-refractivity contribution in [2.24, 2.45) is 0 Å². The van der Waals surface area contributed by atoms with Crippen LogP contribution in [0, 0.1) is 0 Å². The molecule has 0 aliphatic carbocycles. The second-order valence-electron chi connectivity index (χ2n) is 1.76. The molecular weight excluding hydrogens is 293 g/mol. The van der Waals surface area contributed by atoms with Crippen molar-refractivity contribution in [2.75, 3.05) is 0 Å². The third kappa shape index (κ3) is 2.01. The largest absolute Gasteiger partial charge is 0.203 e. The molecule has 0 saturated heterocycles. The summed E-state index contributed by atoms with van der Waals surface area (Å²) in [6, 6.07) is 0. The average Bonchev–Trinajstić information content (AvgIpc) is 1.91. The van der Waals surface area contributed by atoms with E-state index in [1.165, 1.54) is 0 Å². The first-order valence-corrected chi connectivity index (χ1v) is 5.38. The molecule has 1 rings (SSSR count). The van der Waals surface area contributed by atoms with Gasteiger partial charge in [0.15, 0.2) is 0 Å². The monoisotopic (exact) mass is 290 g/mol. The lowest BCUT2D eigenvalue weighted by Gasteiger charge is -2.14. The lowest BCUT2D eigenvalue weighted by molar-refractivity contribution is 1.42. The van der Waals surface area contributed by atoms with E-state index in [1.807, 2.05) is 0 Å². The molecule has 0 spiro atoms. The van der Waals surface area contributed by atoms with Crippen molar-refractivity contribution in [2.45, 2.75) is 7.33 Å². The quantitative estimate of drug-likeness (QED) is 0.584. The molecule has 0 amide bonds. The third-order valence-electron chi connectivity index (χ3n) is 0.960. The predicted octanol–water partition coefficient (Wildman–Crippen LogP) is 4.69. The van der Waals surface area contributed by atoms with Crippen molar-refractivity contribution in [3.8, 4) is 0 Å². The van der Waals surface area contributed by atoms with Gasteiger partial charge >= 0.3 is 0 Å². The van der Waals surface area contributed by atoms with Gasteiger partial charge in [-0.1, -0.05) is 81.4 Å². The Kier molecular flexibility index (Phi) is 3.17. The molecule has 1 aliphatic rings. The molecule has 0 N–H and O–H groups in total. The number of hydrogen-bond acceptors (Lipinski definition) is 1. The number of alkyl halides is 4. The Morgan fingerprint density at radius 2 is 1.09 bits per heavy atom. The zero-order chi connectivity index (χ0) is 8.86. The second kappa shape index (κ2) is 3.20. The fourth-order valence-corrected chi connectivity index (χ4v) is 4.27. The maximum absolute atomic E-state index is 5.68. The van der Waals surface area contributed by atoms with Crippen LogP contribution in [0.15, 0.2) is 10.1 Å². The number of rotatable bonds is 0. The summed E-state index contributed by atoms with van der Waals surface area (Å²) in [7, 11) is 0. The molecule has 1 heterocycles. The van der Waals surface area contributed by atoms with Crippen LogP contribution in [0.5, 0.6) is 0 Å². The van der Waals surface area contributed by atoms with E-state index in [9.17, 15) is 0 Å². The Morgan fingerprint density at radius 3 is 1.18 bits per heavy atom. The van der Waals surface area contributed by atoms with Gasteiger partial charge in [0.25, 0.3) is 0 Å². The lowest BCUT2D eigenvalue weighted by Crippen LogP contribution is -2.06. The van der Waals surface area contributed by atoms with E-state index >= 15 is 0 Å². The smallest absolute Gasteiger partial charge is 0.0834 e. The first-order chi connectivity index (χ1) is 4.77. The normalized spacial score (nSPS) is 27.8. The van der Waals surface area contributed by atoms with Gasteiger partial charge in [0.1, 0.15) is 0 Å². The Labute approximate surface area is 98.1 Å². The third-order valence-corrected chi connectivity index (χ3v) is 5.22. The molecular formula is C4Cl6S. The highest BCUT2D eigenvalue weighted by molar-refractivity contribution is 8.07. The molecule has 64 valence electrons. The summed E-state index contributed by atoms with van der Waals surface area (Å²) in [5.74, 6) is 0. The van der Waals surface area contributed by atoms with Crippen LogP contribution >= 0.6 is 81.4 Å². The van der Waals surface area contributed by atoms with Crippen LogP contribution in [0.4, 0.5) is 0 Å². The van der Waals surface area contributed by atoms with Gasteiger partial charge in [-0.2, -0.15) is 0 Å². The summed E-state index contributed by atoms with van der Waals surface area (Å²) in [6.07, 6.45) is 0. The molecule has 0 saturated carbocycles. The summed E-state index contributed by atoms with van der Waals surface area (Å²) < 4.78 is -2.66. The fourth-order valence-electron chi connectivity index (χ4n) is 0.506. The van der Waals surface area contributed by atoms with Crippen LogP contribution in [0.2, 0.25) is 0 Å². The highest BCUT2D eigenvalue weighted by atomic mass is 35.5. The van der Waals surface area contributed by atoms with Crippen molar-refractivity contribution < 1.29 is 0 Å². The predicted molar refractivity (Wildman–Crippen MR) is 55.2 cm³/mol. The maximum atomic E-state index is 5.68. The van der Waals surface area contributed by atoms with E-state index in [2.05, 4.69) is 0 Å². The Hall–Kier alpha value is 1.83. The average molecular weight is 293 g/mol. The van der Waals surface area contributed by atoms with Crippen LogP contribution < -0.4 is 0 Å². The highest BCUT2D eigenvalue weighted by Crippen LogP contribution is 2.64. The second-order valence-corrected chi connectivity index (χ2v) is 7.50. The van der Waals surface area contributed by atoms with Gasteiger partial charge in [-0.25, -0.2) is 0 Å². The first-order valence-electron chi connectivity index (χ1n) is 2.29. The van der Waals surface area contributed by atoms with Gasteiger partial charge in [-0.15, -0.1) is 0 Å². The molecule has 0 atom stereocenters. The van der Waals surface area contributed by atoms with Crippen LogP contribution in [0.25, 0.3) is 0 Å². The van der Waals surface area contributed by atoms with E-state index in [4.69, 9.17) is 69.6 Å². The summed E-state index contributed by atoms with van der Waals surface area (Å²) in [5, 5.41) is 0.134. The molecule has 0 aromatic heterocycles. The molecule has 0 aromatic rings. The lowest BCUT2D eigenvalue weighted by atomic mass is 10.5. The molecule has 0 fully saturated rings. The molecule has 0 radical (unpaired) electrons. The van der Waals surface area contributed by atoms with Gasteiger partial charge < -0.3 is 0 Å². The minimum absolute atomic E-state index is 0.0671. The topological polar surface area (TPSA) is 0 Å². The van der Waals surface area contributed by atoms with Crippen molar-refractivity contribution in [1.82, 2.24) is 0 Å². The van der Waals surface area contributed by atoms with Crippen LogP contribution in [0.3, 0.4) is 0 Å². The van der Waals surface area contributed by atoms with Gasteiger partial charge in [0, 0.05) is 0 Å². The Morgan fingerprint density at radius 1 is 0.818 bits per heavy atom. The highest BCUT2D eigenvalue weighted by Gasteiger charge is 2.51. The van der Waals surface area contributed by atoms with Gasteiger partial charge in [-0.3, -0.25) is 0 Å². The number of hydrogen-bond donors (Lipinski definition) is 0. The molecule has 0 unspecified atom stereocenters. The molecule has 7 heteroatoms. The van der Waals surface area contributed by atoms with E-state index in [0.717, 1.165) is 11.8 Å². The van der Waals surface area contributed by atoms with Crippen molar-refractivity contribution in [3.63, 3.8) is 0 Å². The van der Waals surface area contributed by atoms with Gasteiger partial charge in [0.2, 0.25) is 7.33 Å². The zero-order valence-electron chi connectivity index (χ0n) is 4.68. The molecule has 1 aliphatic heterocycles. The van der Waals surface area contributed by atoms with Crippen LogP contribution in [0.1, 0.15) is 0 Å². The van der Waals surface area contributed by atoms with Gasteiger partial charge in [0.05, 0.1) is 10.1 Å². The minimum Gasteiger partial charge on any atom is -0.0834 e. The van der Waals surface area contributed by atoms with Crippen molar-refractivity contribution in [1.29, 1.82) is 0 Å². The maximum Gasteiger partial charge on any atom is 0.203 e. The SMILES string of the molecule is ClC1=C(Cl)C(Cl)(Cl)SC1(Cl)Cl. The van der Waals surface area contributed by atoms with Crippen molar-refractivity contribution in [3.05, 3.63) is 10.1 Å². The first kappa shape index (κ1) is 10.9. The zero-order valence-corrected chi connectivity index (χ0v) is 10.0. The Bertz CT molecular complexity index is 197. The number of thioether (sulfide) groups is 1. The molecule has 0 bridgehead atoms. The molecule has 11 heavy (non-hydrogen) atoms. The van der Waals surface area contributed by atoms with Crippen LogP contribution in [-0.2, 0) is 0 Å². The Balaban J connectivity index is 3.09. The van der Waals surface area contributed by atoms with Gasteiger partial charge in [-0.05, 0) is 0 Å². The minimum atomic E-state index is -1.33. The van der Waals surface area contributed by atoms with E-state index in [-0.39, 0.29) is 10.1 Å². The molecule has 0 nitrogen and oxygen atoms in total. The standard InChI is InChI=1S/C4Cl6S/c5-1-2(6)4(9,10)11-3(1,7)8. The number of halogens is 6. The van der Waals surface area contributed by atoms with E-state index in [0.29, 0.717) is 0 Å². The summed E-state index contributed by atoms with van der Waals surface area (Å²) in [4.78, 5) is 0. The van der Waals surface area contributed by atoms with E-state index < -0.39 is 7.33 Å². The van der Waals surface area contributed by atoms with Crippen molar-refractivity contribution >= 4 is 81.4 Å². The summed E-state index contributed by atoms with van der Waals surface area (Å²) in [6.45, 7) is 0. The summed E-state index contributed by atoms with van der Waals surface area (Å²) >= 11 is 34.9. The van der Waals surface area contributed by atoms with Crippen LogP contribution in [-0.4, -0.2) is 7.33 Å². The fraction of sp³-hybridized carbons (Fsp3) is 0.500.